The molecule has 0 saturated carbocycles. The van der Waals surface area contributed by atoms with Crippen LogP contribution in [-0.4, -0.2) is 45.6 Å². The topological polar surface area (TPSA) is 59.4 Å². The van der Waals surface area contributed by atoms with Gasteiger partial charge in [-0.25, -0.2) is 4.98 Å². The predicted octanol–water partition coefficient (Wildman–Crippen LogP) is 4.41. The largest absolute Gasteiger partial charge is 0.496 e. The van der Waals surface area contributed by atoms with Crippen LogP contribution in [0.15, 0.2) is 55.0 Å². The third-order valence-electron chi connectivity index (χ3n) is 7.91. The van der Waals surface area contributed by atoms with Crippen LogP contribution in [0.1, 0.15) is 53.6 Å². The highest BCUT2D eigenvalue weighted by Gasteiger charge is 2.41. The molecule has 0 radical (unpaired) electrons. The summed E-state index contributed by atoms with van der Waals surface area (Å²) in [7, 11) is 1.73. The molecule has 1 N–H and O–H groups in total. The first kappa shape index (κ1) is 23.6. The summed E-state index contributed by atoms with van der Waals surface area (Å²) in [6.07, 6.45) is 8.62. The maximum atomic E-state index is 12.8. The summed E-state index contributed by atoms with van der Waals surface area (Å²) in [5.41, 5.74) is 5.98. The van der Waals surface area contributed by atoms with Crippen molar-refractivity contribution in [1.29, 1.82) is 0 Å². The molecule has 2 saturated heterocycles. The van der Waals surface area contributed by atoms with Crippen LogP contribution in [0.25, 0.3) is 0 Å². The Morgan fingerprint density at radius 1 is 1.03 bits per heavy atom. The Kier molecular flexibility index (Phi) is 6.91. The Balaban J connectivity index is 1.15. The van der Waals surface area contributed by atoms with Gasteiger partial charge in [0, 0.05) is 37.4 Å². The molecule has 0 spiro atoms. The number of piperidine rings is 1. The highest BCUT2D eigenvalue weighted by Crippen LogP contribution is 2.38. The number of amides is 1. The van der Waals surface area contributed by atoms with E-state index in [1.807, 2.05) is 35.3 Å². The molecule has 2 aliphatic rings. The summed E-state index contributed by atoms with van der Waals surface area (Å²) in [6.45, 7) is 6.08. The van der Waals surface area contributed by atoms with Gasteiger partial charge >= 0.3 is 0 Å². The van der Waals surface area contributed by atoms with Crippen molar-refractivity contribution in [2.75, 3.05) is 7.11 Å². The SMILES string of the molecule is COc1ccc(CN2C3CCC2CC(NC(=O)Cc2cn(Cc4ccccc4)cn2)C3)c(C)c1C. The number of hydrogen-bond acceptors (Lipinski definition) is 4. The number of hydrogen-bond donors (Lipinski definition) is 1. The average Bonchev–Trinajstić information content (AvgIpc) is 3.37. The van der Waals surface area contributed by atoms with Gasteiger partial charge in [0.1, 0.15) is 5.75 Å². The minimum absolute atomic E-state index is 0.0782. The Morgan fingerprint density at radius 2 is 1.77 bits per heavy atom. The quantitative estimate of drug-likeness (QED) is 0.528. The first-order chi connectivity index (χ1) is 17.0. The van der Waals surface area contributed by atoms with Crippen molar-refractivity contribution in [3.8, 4) is 5.75 Å². The summed E-state index contributed by atoms with van der Waals surface area (Å²) in [4.78, 5) is 19.9. The smallest absolute Gasteiger partial charge is 0.226 e. The molecule has 2 unspecified atom stereocenters. The number of nitrogens with zero attached hydrogens (tertiary/aromatic N) is 3. The fraction of sp³-hybridized carbons (Fsp3) is 0.448. The van der Waals surface area contributed by atoms with E-state index in [2.05, 4.69) is 53.3 Å². The first-order valence-corrected chi connectivity index (χ1v) is 12.7. The molecule has 6 heteroatoms. The second-order valence-corrected chi connectivity index (χ2v) is 10.2. The maximum absolute atomic E-state index is 12.8. The Bertz CT molecular complexity index is 1160. The molecule has 2 aliphatic heterocycles. The van der Waals surface area contributed by atoms with E-state index in [0.717, 1.165) is 37.4 Å². The average molecular weight is 473 g/mol. The zero-order chi connectivity index (χ0) is 24.4. The summed E-state index contributed by atoms with van der Waals surface area (Å²) in [5.74, 6) is 1.04. The molecule has 5 rings (SSSR count). The third kappa shape index (κ3) is 5.27. The lowest BCUT2D eigenvalue weighted by Gasteiger charge is -2.39. The van der Waals surface area contributed by atoms with Crippen molar-refractivity contribution in [2.45, 2.75) is 77.2 Å². The molecule has 2 bridgehead atoms. The molecule has 3 heterocycles. The standard InChI is InChI=1S/C29H36N4O2/c1-20-21(2)28(35-3)12-9-23(20)17-33-26-10-11-27(33)14-24(13-26)31-29(34)15-25-18-32(19-30-25)16-22-7-5-4-6-8-22/h4-9,12,18-19,24,26-27H,10-11,13-17H2,1-3H3,(H,31,34). The van der Waals surface area contributed by atoms with Gasteiger partial charge in [0.25, 0.3) is 0 Å². The maximum Gasteiger partial charge on any atom is 0.226 e. The third-order valence-corrected chi connectivity index (χ3v) is 7.91. The fourth-order valence-electron chi connectivity index (χ4n) is 5.91. The van der Waals surface area contributed by atoms with Crippen molar-refractivity contribution in [1.82, 2.24) is 19.8 Å². The van der Waals surface area contributed by atoms with Crippen LogP contribution in [0.5, 0.6) is 5.75 Å². The fourth-order valence-corrected chi connectivity index (χ4v) is 5.91. The summed E-state index contributed by atoms with van der Waals surface area (Å²) < 4.78 is 7.53. The van der Waals surface area contributed by atoms with E-state index in [-0.39, 0.29) is 11.9 Å². The number of fused-ring (bicyclic) bond motifs is 2. The van der Waals surface area contributed by atoms with Gasteiger partial charge in [-0.05, 0) is 67.9 Å². The van der Waals surface area contributed by atoms with E-state index in [1.165, 1.54) is 35.1 Å². The number of carbonyl (C=O) groups is 1. The van der Waals surface area contributed by atoms with Crippen molar-refractivity contribution in [2.24, 2.45) is 0 Å². The molecule has 2 fully saturated rings. The second kappa shape index (κ2) is 10.2. The van der Waals surface area contributed by atoms with Gasteiger partial charge in [-0.1, -0.05) is 36.4 Å². The molecule has 1 amide bonds. The number of imidazole rings is 1. The zero-order valence-corrected chi connectivity index (χ0v) is 21.0. The number of aromatic nitrogens is 2. The highest BCUT2D eigenvalue weighted by molar-refractivity contribution is 5.78. The van der Waals surface area contributed by atoms with Gasteiger partial charge in [-0.15, -0.1) is 0 Å². The van der Waals surface area contributed by atoms with Gasteiger partial charge < -0.3 is 14.6 Å². The number of carbonyl (C=O) groups excluding carboxylic acids is 1. The van der Waals surface area contributed by atoms with Crippen LogP contribution < -0.4 is 10.1 Å². The Labute approximate surface area is 208 Å². The number of nitrogens with one attached hydrogen (secondary N) is 1. The van der Waals surface area contributed by atoms with Gasteiger partial charge in [0.05, 0.1) is 25.6 Å². The van der Waals surface area contributed by atoms with E-state index in [9.17, 15) is 4.79 Å². The van der Waals surface area contributed by atoms with Gasteiger partial charge in [0.2, 0.25) is 5.91 Å². The minimum atomic E-state index is 0.0782. The lowest BCUT2D eigenvalue weighted by Crippen LogP contribution is -2.50. The van der Waals surface area contributed by atoms with Crippen LogP contribution in [0.4, 0.5) is 0 Å². The lowest BCUT2D eigenvalue weighted by molar-refractivity contribution is -0.121. The molecule has 35 heavy (non-hydrogen) atoms. The summed E-state index contributed by atoms with van der Waals surface area (Å²) in [5, 5.41) is 3.32. The molecule has 0 aliphatic carbocycles. The second-order valence-electron chi connectivity index (χ2n) is 10.2. The molecular weight excluding hydrogens is 436 g/mol. The molecule has 1 aromatic heterocycles. The van der Waals surface area contributed by atoms with Crippen molar-refractivity contribution >= 4 is 5.91 Å². The number of methoxy groups -OCH3 is 1. The van der Waals surface area contributed by atoms with Crippen molar-refractivity contribution in [3.63, 3.8) is 0 Å². The van der Waals surface area contributed by atoms with Crippen LogP contribution in [0, 0.1) is 13.8 Å². The van der Waals surface area contributed by atoms with Gasteiger partial charge in [-0.2, -0.15) is 0 Å². The van der Waals surface area contributed by atoms with Crippen LogP contribution in [-0.2, 0) is 24.3 Å². The highest BCUT2D eigenvalue weighted by atomic mass is 16.5. The summed E-state index contributed by atoms with van der Waals surface area (Å²) >= 11 is 0. The monoisotopic (exact) mass is 472 g/mol. The number of rotatable bonds is 8. The number of ether oxygens (including phenoxy) is 1. The van der Waals surface area contributed by atoms with E-state index in [0.29, 0.717) is 18.5 Å². The van der Waals surface area contributed by atoms with E-state index >= 15 is 0 Å². The Hall–Kier alpha value is -3.12. The molecule has 184 valence electrons. The molecule has 2 aromatic carbocycles. The first-order valence-electron chi connectivity index (χ1n) is 12.7. The molecule has 3 aromatic rings. The number of benzene rings is 2. The normalized spacial score (nSPS) is 21.7. The Morgan fingerprint density at radius 3 is 2.49 bits per heavy atom. The van der Waals surface area contributed by atoms with Gasteiger partial charge in [0.15, 0.2) is 0 Å². The van der Waals surface area contributed by atoms with Crippen molar-refractivity contribution < 1.29 is 9.53 Å². The van der Waals surface area contributed by atoms with E-state index < -0.39 is 0 Å². The molecule has 2 atom stereocenters. The lowest BCUT2D eigenvalue weighted by atomic mass is 9.95. The van der Waals surface area contributed by atoms with Crippen molar-refractivity contribution in [3.05, 3.63) is 82.9 Å². The van der Waals surface area contributed by atoms with Gasteiger partial charge in [-0.3, -0.25) is 9.69 Å². The van der Waals surface area contributed by atoms with Crippen LogP contribution >= 0.6 is 0 Å². The molecule has 6 nitrogen and oxygen atoms in total. The zero-order valence-electron chi connectivity index (χ0n) is 21.0. The van der Waals surface area contributed by atoms with Crippen LogP contribution in [0.2, 0.25) is 0 Å². The molecular formula is C29H36N4O2. The van der Waals surface area contributed by atoms with E-state index in [1.54, 1.807) is 7.11 Å². The van der Waals surface area contributed by atoms with E-state index in [4.69, 9.17) is 4.74 Å². The minimum Gasteiger partial charge on any atom is -0.496 e. The van der Waals surface area contributed by atoms with Crippen LogP contribution in [0.3, 0.4) is 0 Å². The summed E-state index contributed by atoms with van der Waals surface area (Å²) in [6, 6.07) is 15.9. The predicted molar refractivity (Wildman–Crippen MR) is 137 cm³/mol.